The molecule has 0 atom stereocenters. The van der Waals surface area contributed by atoms with Crippen LogP contribution in [0.5, 0.6) is 0 Å². The van der Waals surface area contributed by atoms with Crippen LogP contribution in [0, 0.1) is 0 Å². The first kappa shape index (κ1) is 17.3. The summed E-state index contributed by atoms with van der Waals surface area (Å²) in [7, 11) is 0. The number of carbonyl (C=O) groups is 3. The third-order valence-electron chi connectivity index (χ3n) is 2.57. The molecule has 0 saturated carbocycles. The lowest BCUT2D eigenvalue weighted by molar-refractivity contribution is -0.136. The number of Topliss-reactive ketones (excluding diaryl/α,β-unsaturated/α-hetero) is 2. The monoisotopic (exact) mass is 325 g/mol. The number of rotatable bonds is 6. The van der Waals surface area contributed by atoms with Crippen molar-refractivity contribution in [3.8, 4) is 0 Å². The van der Waals surface area contributed by atoms with Crippen molar-refractivity contribution in [1.82, 2.24) is 0 Å². The summed E-state index contributed by atoms with van der Waals surface area (Å²) in [5.41, 5.74) is 1.31. The molecule has 0 aliphatic carbocycles. The van der Waals surface area contributed by atoms with Gasteiger partial charge in [-0.25, -0.2) is 0 Å². The lowest BCUT2D eigenvalue weighted by Gasteiger charge is -2.10. The second kappa shape index (κ2) is 7.90. The molecule has 0 aliphatic heterocycles. The summed E-state index contributed by atoms with van der Waals surface area (Å²) in [6.45, 7) is 2.80. The number of aliphatic carboxylic acids is 1. The standard InChI is InChI=1S/C14H15NO4S2/c1-8(16)11-4-3-10(7-12(11)9(2)17)15-14(20)21-6-5-13(18)19/h3-4,7H,5-6H2,1-2H3,(H,15,20)(H,18,19). The SMILES string of the molecule is CC(=O)c1ccc(NC(=S)SCCC(=O)O)cc1C(C)=O. The highest BCUT2D eigenvalue weighted by Gasteiger charge is 2.12. The molecule has 0 spiro atoms. The Morgan fingerprint density at radius 3 is 2.33 bits per heavy atom. The smallest absolute Gasteiger partial charge is 0.304 e. The molecular weight excluding hydrogens is 310 g/mol. The van der Waals surface area contributed by atoms with Crippen LogP contribution in [0.15, 0.2) is 18.2 Å². The van der Waals surface area contributed by atoms with Gasteiger partial charge in [-0.05, 0) is 32.0 Å². The van der Waals surface area contributed by atoms with Crippen molar-refractivity contribution in [3.05, 3.63) is 29.3 Å². The fourth-order valence-electron chi connectivity index (χ4n) is 1.61. The van der Waals surface area contributed by atoms with Gasteiger partial charge in [-0.15, -0.1) is 0 Å². The summed E-state index contributed by atoms with van der Waals surface area (Å²) < 4.78 is 0.418. The lowest BCUT2D eigenvalue weighted by atomic mass is 10.0. The zero-order valence-corrected chi connectivity index (χ0v) is 13.3. The summed E-state index contributed by atoms with van der Waals surface area (Å²) in [5.74, 6) is -0.889. The molecule has 0 fully saturated rings. The molecular formula is C14H15NO4S2. The number of anilines is 1. The van der Waals surface area contributed by atoms with Crippen LogP contribution in [-0.4, -0.2) is 32.7 Å². The van der Waals surface area contributed by atoms with E-state index in [1.54, 1.807) is 18.2 Å². The molecule has 0 radical (unpaired) electrons. The van der Waals surface area contributed by atoms with E-state index < -0.39 is 5.97 Å². The van der Waals surface area contributed by atoms with Gasteiger partial charge in [0.15, 0.2) is 11.6 Å². The minimum atomic E-state index is -0.880. The van der Waals surface area contributed by atoms with Gasteiger partial charge in [0.25, 0.3) is 0 Å². The van der Waals surface area contributed by atoms with Gasteiger partial charge in [-0.3, -0.25) is 14.4 Å². The Bertz CT molecular complexity index is 599. The van der Waals surface area contributed by atoms with Gasteiger partial charge in [0.2, 0.25) is 0 Å². The van der Waals surface area contributed by atoms with E-state index in [0.29, 0.717) is 26.9 Å². The molecule has 1 rings (SSSR count). The summed E-state index contributed by atoms with van der Waals surface area (Å²) in [6, 6.07) is 4.81. The molecule has 7 heteroatoms. The molecule has 0 unspecified atom stereocenters. The number of nitrogens with one attached hydrogen (secondary N) is 1. The van der Waals surface area contributed by atoms with E-state index >= 15 is 0 Å². The highest BCUT2D eigenvalue weighted by molar-refractivity contribution is 8.23. The first-order valence-electron chi connectivity index (χ1n) is 6.12. The molecule has 21 heavy (non-hydrogen) atoms. The van der Waals surface area contributed by atoms with E-state index in [0.717, 1.165) is 0 Å². The first-order valence-corrected chi connectivity index (χ1v) is 7.52. The van der Waals surface area contributed by atoms with E-state index in [4.69, 9.17) is 17.3 Å². The van der Waals surface area contributed by atoms with E-state index in [-0.39, 0.29) is 18.0 Å². The number of hydrogen-bond acceptors (Lipinski definition) is 5. The maximum absolute atomic E-state index is 11.6. The molecule has 0 aromatic heterocycles. The molecule has 0 saturated heterocycles. The van der Waals surface area contributed by atoms with E-state index in [1.165, 1.54) is 25.6 Å². The molecule has 0 heterocycles. The second-order valence-corrected chi connectivity index (χ2v) is 6.05. The van der Waals surface area contributed by atoms with Crippen LogP contribution >= 0.6 is 24.0 Å². The van der Waals surface area contributed by atoms with Gasteiger partial charge >= 0.3 is 5.97 Å². The first-order chi connectivity index (χ1) is 9.81. The van der Waals surface area contributed by atoms with Gasteiger partial charge in [-0.1, -0.05) is 24.0 Å². The topological polar surface area (TPSA) is 83.5 Å². The number of ketones is 2. The van der Waals surface area contributed by atoms with Crippen molar-refractivity contribution in [3.63, 3.8) is 0 Å². The van der Waals surface area contributed by atoms with E-state index in [1.807, 2.05) is 0 Å². The van der Waals surface area contributed by atoms with E-state index in [2.05, 4.69) is 5.32 Å². The van der Waals surface area contributed by atoms with Gasteiger partial charge in [0.05, 0.1) is 6.42 Å². The van der Waals surface area contributed by atoms with Crippen LogP contribution in [0.3, 0.4) is 0 Å². The number of hydrogen-bond donors (Lipinski definition) is 2. The van der Waals surface area contributed by atoms with Crippen LogP contribution in [0.1, 0.15) is 41.0 Å². The van der Waals surface area contributed by atoms with Crippen molar-refractivity contribution < 1.29 is 19.5 Å². The van der Waals surface area contributed by atoms with Crippen molar-refractivity contribution in [2.75, 3.05) is 11.1 Å². The Kier molecular flexibility index (Phi) is 6.51. The van der Waals surface area contributed by atoms with Crippen LogP contribution in [0.4, 0.5) is 5.69 Å². The largest absolute Gasteiger partial charge is 0.481 e. The Hall–Kier alpha value is -1.73. The third kappa shape index (κ3) is 5.65. The number of carboxylic acid groups (broad SMARTS) is 1. The van der Waals surface area contributed by atoms with Crippen molar-refractivity contribution in [2.24, 2.45) is 0 Å². The minimum absolute atomic E-state index is 0.0223. The van der Waals surface area contributed by atoms with Gasteiger partial charge in [0, 0.05) is 22.6 Å². The molecule has 112 valence electrons. The fraction of sp³-hybridized carbons (Fsp3) is 0.286. The molecule has 5 nitrogen and oxygen atoms in total. The maximum atomic E-state index is 11.6. The number of thiocarbonyl (C=S) groups is 1. The Balaban J connectivity index is 2.78. The molecule has 0 bridgehead atoms. The molecule has 1 aromatic carbocycles. The zero-order chi connectivity index (χ0) is 16.0. The molecule has 0 amide bonds. The minimum Gasteiger partial charge on any atom is -0.481 e. The van der Waals surface area contributed by atoms with E-state index in [9.17, 15) is 14.4 Å². The predicted octanol–water partition coefficient (Wildman–Crippen LogP) is 3.00. The van der Waals surface area contributed by atoms with Gasteiger partial charge in [0.1, 0.15) is 4.32 Å². The number of thioether (sulfide) groups is 1. The average Bonchev–Trinajstić information content (AvgIpc) is 2.37. The molecule has 2 N–H and O–H groups in total. The molecule has 1 aromatic rings. The van der Waals surface area contributed by atoms with Crippen LogP contribution in [-0.2, 0) is 4.79 Å². The normalized spacial score (nSPS) is 10.0. The summed E-state index contributed by atoms with van der Waals surface area (Å²) in [6.07, 6.45) is 0.0223. The third-order valence-corrected chi connectivity index (χ3v) is 3.80. The van der Waals surface area contributed by atoms with Crippen LogP contribution in [0.2, 0.25) is 0 Å². The summed E-state index contributed by atoms with van der Waals surface area (Å²) >= 11 is 6.30. The number of carboxylic acids is 1. The highest BCUT2D eigenvalue weighted by Crippen LogP contribution is 2.19. The quantitative estimate of drug-likeness (QED) is 0.614. The van der Waals surface area contributed by atoms with Crippen LogP contribution < -0.4 is 5.32 Å². The fourth-order valence-corrected chi connectivity index (χ4v) is 2.63. The predicted molar refractivity (Wildman–Crippen MR) is 87.4 cm³/mol. The summed E-state index contributed by atoms with van der Waals surface area (Å²) in [5, 5.41) is 11.5. The van der Waals surface area contributed by atoms with Gasteiger partial charge in [-0.2, -0.15) is 0 Å². The Morgan fingerprint density at radius 1 is 1.19 bits per heavy atom. The van der Waals surface area contributed by atoms with Crippen LogP contribution in [0.25, 0.3) is 0 Å². The van der Waals surface area contributed by atoms with Crippen molar-refractivity contribution in [2.45, 2.75) is 20.3 Å². The number of carbonyl (C=O) groups excluding carboxylic acids is 2. The average molecular weight is 325 g/mol. The Morgan fingerprint density at radius 2 is 1.81 bits per heavy atom. The van der Waals surface area contributed by atoms with Gasteiger partial charge < -0.3 is 10.4 Å². The summed E-state index contributed by atoms with van der Waals surface area (Å²) in [4.78, 5) is 33.4. The number of benzene rings is 1. The lowest BCUT2D eigenvalue weighted by Crippen LogP contribution is -2.09. The van der Waals surface area contributed by atoms with Crippen molar-refractivity contribution >= 4 is 51.5 Å². The Labute approximate surface area is 132 Å². The zero-order valence-electron chi connectivity index (χ0n) is 11.6. The highest BCUT2D eigenvalue weighted by atomic mass is 32.2. The van der Waals surface area contributed by atoms with Crippen molar-refractivity contribution in [1.29, 1.82) is 0 Å². The molecule has 0 aliphatic rings. The maximum Gasteiger partial charge on any atom is 0.304 e. The second-order valence-electron chi connectivity index (χ2n) is 4.28.